The van der Waals surface area contributed by atoms with Crippen molar-refractivity contribution in [3.8, 4) is 6.07 Å². The number of aromatic carboxylic acids is 1. The van der Waals surface area contributed by atoms with E-state index in [1.54, 1.807) is 32.5 Å². The molecule has 0 atom stereocenters. The lowest BCUT2D eigenvalue weighted by Crippen LogP contribution is -2.37. The molecular formula is C64H75Cl3N4O5. The fourth-order valence-electron chi connectivity index (χ4n) is 12.0. The number of nitrogens with one attached hydrogen (secondary N) is 1. The highest BCUT2D eigenvalue weighted by Gasteiger charge is 2.36. The van der Waals surface area contributed by atoms with Gasteiger partial charge in [0.25, 0.3) is 0 Å². The molecule has 0 radical (unpaired) electrons. The number of hydrogen-bond donors (Lipinski definition) is 2. The van der Waals surface area contributed by atoms with Gasteiger partial charge in [-0.25, -0.2) is 9.63 Å². The first kappa shape index (κ1) is 58.2. The van der Waals surface area contributed by atoms with E-state index >= 15 is 0 Å². The Labute approximate surface area is 465 Å². The molecule has 3 aliphatic rings. The molecule has 0 spiro atoms. The van der Waals surface area contributed by atoms with Gasteiger partial charge in [0.2, 0.25) is 0 Å². The van der Waals surface area contributed by atoms with Gasteiger partial charge in [-0.05, 0) is 103 Å². The molecule has 0 bridgehead atoms. The molecule has 76 heavy (non-hydrogen) atoms. The molecule has 2 N–H and O–H groups in total. The van der Waals surface area contributed by atoms with Crippen LogP contribution in [0.2, 0.25) is 10.0 Å². The van der Waals surface area contributed by atoms with Crippen LogP contribution >= 0.6 is 35.0 Å². The van der Waals surface area contributed by atoms with E-state index in [9.17, 15) is 14.9 Å². The minimum atomic E-state index is -0.973. The summed E-state index contributed by atoms with van der Waals surface area (Å²) in [4.78, 5) is 27.4. The molecule has 3 fully saturated rings. The monoisotopic (exact) mass is 1080 g/mol. The third-order valence-corrected chi connectivity index (χ3v) is 17.0. The summed E-state index contributed by atoms with van der Waals surface area (Å²) in [7, 11) is 3.30. The van der Waals surface area contributed by atoms with Crippen molar-refractivity contribution in [2.45, 2.75) is 138 Å². The number of carbonyl (C=O) groups excluding carboxylic acids is 1. The second-order valence-electron chi connectivity index (χ2n) is 20.8. The topological polar surface area (TPSA) is 119 Å². The van der Waals surface area contributed by atoms with Crippen LogP contribution in [0.15, 0.2) is 140 Å². The third-order valence-electron chi connectivity index (χ3n) is 16.2. The molecule has 2 aromatic heterocycles. The molecule has 12 heteroatoms. The Hall–Kier alpha value is -5.44. The Balaban J connectivity index is 0.000000156. The van der Waals surface area contributed by atoms with E-state index in [4.69, 9.17) is 49.6 Å². The Morgan fingerprint density at radius 2 is 1.00 bits per heavy atom. The number of aromatic nitrogens is 2. The zero-order valence-corrected chi connectivity index (χ0v) is 46.7. The maximum Gasteiger partial charge on any atom is 0.337 e. The van der Waals surface area contributed by atoms with E-state index in [0.717, 1.165) is 47.8 Å². The van der Waals surface area contributed by atoms with E-state index in [1.807, 2.05) is 53.2 Å². The van der Waals surface area contributed by atoms with Gasteiger partial charge in [-0.15, -0.1) is 0 Å². The quantitative estimate of drug-likeness (QED) is 0.0731. The molecule has 2 heterocycles. The second kappa shape index (κ2) is 28.8. The molecule has 402 valence electrons. The van der Waals surface area contributed by atoms with Gasteiger partial charge < -0.3 is 23.7 Å². The number of fused-ring (bicyclic) bond motifs is 2. The SMILES string of the molecule is COCCn1cc(C(=O)CCC2(c3ccccc3)CCCCC2)c2c(Cl)cccc21.COCCn1cc(C(=O)O)c2c(Cl)cccc21.ClNCC1(c2ccccc2)CCCCC1.N#CC1(c2ccccc2)CCCCC1. The average molecular weight is 1090 g/mol. The van der Waals surface area contributed by atoms with Gasteiger partial charge in [0.1, 0.15) is 0 Å². The number of nitriles is 1. The Kier molecular flexibility index (Phi) is 22.1. The molecule has 0 saturated heterocycles. The van der Waals surface area contributed by atoms with Crippen LogP contribution < -0.4 is 4.84 Å². The van der Waals surface area contributed by atoms with Crippen molar-refractivity contribution in [3.05, 3.63) is 178 Å². The van der Waals surface area contributed by atoms with Crippen LogP contribution in [0.25, 0.3) is 21.8 Å². The highest BCUT2D eigenvalue weighted by atomic mass is 35.5. The minimum absolute atomic E-state index is 0.118. The molecule has 5 aromatic carbocycles. The molecular weight excluding hydrogens is 1010 g/mol. The molecule has 10 rings (SSSR count). The van der Waals surface area contributed by atoms with Crippen LogP contribution in [0.5, 0.6) is 0 Å². The number of nitrogens with zero attached hydrogens (tertiary/aromatic N) is 3. The van der Waals surface area contributed by atoms with E-state index in [-0.39, 0.29) is 27.6 Å². The van der Waals surface area contributed by atoms with Crippen molar-refractivity contribution in [2.75, 3.05) is 34.0 Å². The van der Waals surface area contributed by atoms with Crippen molar-refractivity contribution in [1.29, 1.82) is 5.26 Å². The largest absolute Gasteiger partial charge is 0.478 e. The number of benzene rings is 5. The summed E-state index contributed by atoms with van der Waals surface area (Å²) < 4.78 is 14.2. The molecule has 0 amide bonds. The van der Waals surface area contributed by atoms with Crippen LogP contribution in [0, 0.1) is 11.3 Å². The number of rotatable bonds is 16. The summed E-state index contributed by atoms with van der Waals surface area (Å²) in [5, 5.41) is 21.0. The number of ketones is 1. The van der Waals surface area contributed by atoms with Gasteiger partial charge in [-0.3, -0.25) is 4.79 Å². The number of carboxylic acid groups (broad SMARTS) is 1. The van der Waals surface area contributed by atoms with E-state index < -0.39 is 5.97 Å². The van der Waals surface area contributed by atoms with E-state index in [2.05, 4.69) is 88.3 Å². The number of halogens is 3. The summed E-state index contributed by atoms with van der Waals surface area (Å²) in [5.74, 6) is -0.788. The van der Waals surface area contributed by atoms with Gasteiger partial charge >= 0.3 is 5.97 Å². The van der Waals surface area contributed by atoms with Gasteiger partial charge in [0.05, 0.1) is 51.3 Å². The number of Topliss-reactive ketones (excluding diaryl/α,β-unsaturated/α-hetero) is 1. The highest BCUT2D eigenvalue weighted by molar-refractivity contribution is 6.37. The van der Waals surface area contributed by atoms with Crippen LogP contribution in [0.1, 0.15) is 147 Å². The normalized spacial score (nSPS) is 16.4. The van der Waals surface area contributed by atoms with Gasteiger partial charge in [0.15, 0.2) is 5.78 Å². The predicted octanol–water partition coefficient (Wildman–Crippen LogP) is 16.5. The van der Waals surface area contributed by atoms with Crippen molar-refractivity contribution in [2.24, 2.45) is 0 Å². The fraction of sp³-hybridized carbons (Fsp3) is 0.422. The van der Waals surface area contributed by atoms with Crippen molar-refractivity contribution in [3.63, 3.8) is 0 Å². The van der Waals surface area contributed by atoms with Gasteiger partial charge in [0, 0.05) is 74.4 Å². The minimum Gasteiger partial charge on any atom is -0.478 e. The fourth-order valence-corrected chi connectivity index (χ4v) is 12.8. The lowest BCUT2D eigenvalue weighted by molar-refractivity contribution is 0.0698. The summed E-state index contributed by atoms with van der Waals surface area (Å²) in [6, 6.07) is 45.6. The lowest BCUT2D eigenvalue weighted by atomic mass is 9.66. The van der Waals surface area contributed by atoms with Crippen molar-refractivity contribution < 1.29 is 24.2 Å². The van der Waals surface area contributed by atoms with Crippen LogP contribution in [0.4, 0.5) is 0 Å². The third kappa shape index (κ3) is 14.4. The van der Waals surface area contributed by atoms with Gasteiger partial charge in [-0.1, -0.05) is 184 Å². The number of carboxylic acids is 1. The molecule has 3 saturated carbocycles. The first-order valence-electron chi connectivity index (χ1n) is 27.2. The predicted molar refractivity (Wildman–Crippen MR) is 311 cm³/mol. The lowest BCUT2D eigenvalue weighted by Gasteiger charge is -2.38. The highest BCUT2D eigenvalue weighted by Crippen LogP contribution is 2.44. The second-order valence-corrected chi connectivity index (χ2v) is 21.9. The maximum atomic E-state index is 13.4. The number of carbonyl (C=O) groups is 2. The number of ether oxygens (including phenoxy) is 2. The van der Waals surface area contributed by atoms with Crippen LogP contribution in [-0.4, -0.2) is 60.0 Å². The number of hydrogen-bond acceptors (Lipinski definition) is 6. The van der Waals surface area contributed by atoms with Crippen LogP contribution in [0.3, 0.4) is 0 Å². The average Bonchev–Trinajstić information content (AvgIpc) is 4.06. The first-order chi connectivity index (χ1) is 37.0. The van der Waals surface area contributed by atoms with Crippen LogP contribution in [-0.2, 0) is 38.8 Å². The summed E-state index contributed by atoms with van der Waals surface area (Å²) >= 11 is 18.3. The van der Waals surface area contributed by atoms with E-state index in [1.165, 1.54) is 100 Å². The molecule has 3 aliphatic carbocycles. The van der Waals surface area contributed by atoms with Crippen molar-refractivity contribution in [1.82, 2.24) is 14.0 Å². The molecule has 0 aliphatic heterocycles. The zero-order valence-electron chi connectivity index (χ0n) is 44.4. The molecule has 9 nitrogen and oxygen atoms in total. The standard InChI is InChI=1S/C26H30ClNO2.C13H18ClN.C13H15N.C12H12ClNO3/c1-30-18-17-28-19-21(25-22(27)11-8-12-23(25)28)24(29)13-16-26(14-6-3-7-15-26)20-9-4-2-5-10-20;14-15-11-13(9-5-2-6-10-13)12-7-3-1-4-8-12;14-11-13(9-5-2-6-10-13)12-7-3-1-4-8-12;1-17-6-5-14-7-8(12(15)16)11-9(13)3-2-4-10(11)14/h2,4-5,8-12,19H,3,6-7,13-18H2,1H3;1,3-4,7-8,15H,2,5-6,9-11H2;1,3-4,7-8H,2,5-6,9-10H2;2-4,7H,5-6H2,1H3,(H,15,16). The van der Waals surface area contributed by atoms with E-state index in [0.29, 0.717) is 48.2 Å². The maximum absolute atomic E-state index is 13.4. The summed E-state index contributed by atoms with van der Waals surface area (Å²) in [5.41, 5.74) is 7.03. The molecule has 7 aromatic rings. The number of methoxy groups -OCH3 is 2. The first-order valence-corrected chi connectivity index (χ1v) is 28.4. The summed E-state index contributed by atoms with van der Waals surface area (Å²) in [6.45, 7) is 3.31. The summed E-state index contributed by atoms with van der Waals surface area (Å²) in [6.07, 6.45) is 23.4. The van der Waals surface area contributed by atoms with Gasteiger partial charge in [-0.2, -0.15) is 5.26 Å². The smallest absolute Gasteiger partial charge is 0.337 e. The van der Waals surface area contributed by atoms with Crippen molar-refractivity contribution >= 4 is 68.5 Å². The zero-order chi connectivity index (χ0) is 53.8. The Morgan fingerprint density at radius 3 is 1.45 bits per heavy atom. The molecule has 0 unspecified atom stereocenters. The Bertz CT molecular complexity index is 2950. The Morgan fingerprint density at radius 1 is 0.579 bits per heavy atom.